The fraction of sp³-hybridized carbons (Fsp3) is 0.533. The molecule has 0 bridgehead atoms. The second kappa shape index (κ2) is 5.04. The Balaban J connectivity index is 1.92. The van der Waals surface area contributed by atoms with E-state index in [4.69, 9.17) is 0 Å². The molecule has 1 saturated carbocycles. The highest BCUT2D eigenvalue weighted by atomic mass is 79.9. The zero-order chi connectivity index (χ0) is 12.5. The van der Waals surface area contributed by atoms with Gasteiger partial charge in [0, 0.05) is 10.2 Å². The van der Waals surface area contributed by atoms with Crippen LogP contribution in [0.15, 0.2) is 22.7 Å². The van der Waals surface area contributed by atoms with Crippen LogP contribution in [0.25, 0.3) is 0 Å². The molecule has 1 atom stereocenters. The maximum absolute atomic E-state index is 12.2. The average molecular weight is 308 g/mol. The van der Waals surface area contributed by atoms with Crippen molar-refractivity contribution < 1.29 is 4.79 Å². The number of carbonyl (C=O) groups is 1. The van der Waals surface area contributed by atoms with Crippen molar-refractivity contribution in [1.82, 2.24) is 0 Å². The summed E-state index contributed by atoms with van der Waals surface area (Å²) in [6.45, 7) is 0. The summed E-state index contributed by atoms with van der Waals surface area (Å²) in [5.74, 6) is 0.814. The van der Waals surface area contributed by atoms with Crippen LogP contribution < -0.4 is 5.32 Å². The van der Waals surface area contributed by atoms with Crippen molar-refractivity contribution in [2.24, 2.45) is 5.92 Å². The minimum absolute atomic E-state index is 0.0793. The Kier molecular flexibility index (Phi) is 3.42. The number of carbonyl (C=O) groups excluding carboxylic acids is 1. The van der Waals surface area contributed by atoms with Gasteiger partial charge in [-0.25, -0.2) is 0 Å². The molecule has 1 heterocycles. The van der Waals surface area contributed by atoms with Crippen LogP contribution in [0, 0.1) is 5.92 Å². The molecule has 1 fully saturated rings. The van der Waals surface area contributed by atoms with Crippen molar-refractivity contribution in [2.75, 3.05) is 5.32 Å². The molecule has 2 nitrogen and oxygen atoms in total. The molecule has 1 amide bonds. The van der Waals surface area contributed by atoms with E-state index in [0.717, 1.165) is 10.2 Å². The topological polar surface area (TPSA) is 29.1 Å². The molecule has 1 aromatic rings. The van der Waals surface area contributed by atoms with E-state index in [1.165, 1.54) is 44.1 Å². The van der Waals surface area contributed by atoms with Gasteiger partial charge in [0.1, 0.15) is 0 Å². The van der Waals surface area contributed by atoms with E-state index in [-0.39, 0.29) is 11.8 Å². The summed E-state index contributed by atoms with van der Waals surface area (Å²) in [6, 6.07) is 6.12. The minimum atomic E-state index is 0.0793. The van der Waals surface area contributed by atoms with E-state index < -0.39 is 0 Å². The largest absolute Gasteiger partial charge is 0.325 e. The van der Waals surface area contributed by atoms with Crippen molar-refractivity contribution in [1.29, 1.82) is 0 Å². The van der Waals surface area contributed by atoms with Crippen LogP contribution in [-0.4, -0.2) is 5.91 Å². The quantitative estimate of drug-likeness (QED) is 0.763. The number of amides is 1. The first kappa shape index (κ1) is 12.2. The third-order valence-electron chi connectivity index (χ3n) is 4.26. The smallest absolute Gasteiger partial charge is 0.232 e. The van der Waals surface area contributed by atoms with Gasteiger partial charge in [0.2, 0.25) is 5.91 Å². The Morgan fingerprint density at radius 1 is 1.11 bits per heavy atom. The van der Waals surface area contributed by atoms with Crippen LogP contribution in [0.1, 0.15) is 50.0 Å². The van der Waals surface area contributed by atoms with Gasteiger partial charge < -0.3 is 5.32 Å². The van der Waals surface area contributed by atoms with Crippen LogP contribution in [0.5, 0.6) is 0 Å². The van der Waals surface area contributed by atoms with E-state index >= 15 is 0 Å². The monoisotopic (exact) mass is 307 g/mol. The van der Waals surface area contributed by atoms with Crippen LogP contribution in [0.3, 0.4) is 0 Å². The van der Waals surface area contributed by atoms with E-state index in [1.54, 1.807) is 0 Å². The van der Waals surface area contributed by atoms with Crippen molar-refractivity contribution in [3.63, 3.8) is 0 Å². The summed E-state index contributed by atoms with van der Waals surface area (Å²) >= 11 is 3.51. The maximum atomic E-state index is 12.2. The van der Waals surface area contributed by atoms with Crippen molar-refractivity contribution >= 4 is 27.5 Å². The first-order valence-corrected chi connectivity index (χ1v) is 7.65. The fourth-order valence-corrected chi connectivity index (χ4v) is 3.75. The maximum Gasteiger partial charge on any atom is 0.232 e. The molecule has 1 aromatic carbocycles. The summed E-state index contributed by atoms with van der Waals surface area (Å²) in [5, 5.41) is 3.03. The number of rotatable bonds is 1. The molecule has 2 aliphatic rings. The zero-order valence-electron chi connectivity index (χ0n) is 10.4. The Bertz CT molecular complexity index is 464. The Morgan fingerprint density at radius 2 is 1.83 bits per heavy atom. The third-order valence-corrected chi connectivity index (χ3v) is 4.75. The predicted molar refractivity (Wildman–Crippen MR) is 76.7 cm³/mol. The van der Waals surface area contributed by atoms with Crippen molar-refractivity contribution in [3.05, 3.63) is 28.2 Å². The van der Waals surface area contributed by atoms with Gasteiger partial charge >= 0.3 is 0 Å². The zero-order valence-corrected chi connectivity index (χ0v) is 12.0. The lowest BCUT2D eigenvalue weighted by Gasteiger charge is -2.20. The summed E-state index contributed by atoms with van der Waals surface area (Å²) in [6.07, 6.45) is 7.61. The molecule has 0 saturated heterocycles. The minimum Gasteiger partial charge on any atom is -0.325 e. The second-order valence-corrected chi connectivity index (χ2v) is 6.37. The number of fused-ring (bicyclic) bond motifs is 1. The lowest BCUT2D eigenvalue weighted by atomic mass is 9.82. The summed E-state index contributed by atoms with van der Waals surface area (Å²) in [7, 11) is 0. The number of halogens is 1. The van der Waals surface area contributed by atoms with Gasteiger partial charge in [0.05, 0.1) is 5.92 Å². The molecule has 0 spiro atoms. The first-order valence-electron chi connectivity index (χ1n) is 6.86. The van der Waals surface area contributed by atoms with E-state index in [1.807, 2.05) is 12.1 Å². The second-order valence-electron chi connectivity index (χ2n) is 5.45. The molecule has 3 heteroatoms. The molecule has 1 N–H and O–H groups in total. The normalized spacial score (nSPS) is 24.5. The van der Waals surface area contributed by atoms with Crippen LogP contribution in [0.2, 0.25) is 0 Å². The molecule has 0 aromatic heterocycles. The van der Waals surface area contributed by atoms with E-state index in [0.29, 0.717) is 5.92 Å². The van der Waals surface area contributed by atoms with Gasteiger partial charge in [-0.15, -0.1) is 0 Å². The van der Waals surface area contributed by atoms with Crippen molar-refractivity contribution in [3.8, 4) is 0 Å². The van der Waals surface area contributed by atoms with Gasteiger partial charge in [0.15, 0.2) is 0 Å². The van der Waals surface area contributed by atoms with Gasteiger partial charge in [-0.05, 0) is 42.5 Å². The number of nitrogens with one attached hydrogen (secondary N) is 1. The summed E-state index contributed by atoms with van der Waals surface area (Å²) in [5.41, 5.74) is 2.21. The highest BCUT2D eigenvalue weighted by Crippen LogP contribution is 2.43. The number of benzene rings is 1. The molecule has 18 heavy (non-hydrogen) atoms. The Hall–Kier alpha value is -0.830. The van der Waals surface area contributed by atoms with Crippen molar-refractivity contribution in [2.45, 2.75) is 44.4 Å². The molecule has 0 radical (unpaired) electrons. The van der Waals surface area contributed by atoms with Gasteiger partial charge in [-0.1, -0.05) is 41.6 Å². The number of hydrogen-bond donors (Lipinski definition) is 1. The number of anilines is 1. The standard InChI is InChI=1S/C15H18BrNO/c16-11-7-8-13-12(9-11)14(15(18)17-13)10-5-3-1-2-4-6-10/h7-10,14H,1-6H2,(H,17,18). The molecular weight excluding hydrogens is 290 g/mol. The fourth-order valence-electron chi connectivity index (χ4n) is 3.37. The highest BCUT2D eigenvalue weighted by molar-refractivity contribution is 9.10. The van der Waals surface area contributed by atoms with Crippen LogP contribution in [-0.2, 0) is 4.79 Å². The lowest BCUT2D eigenvalue weighted by Crippen LogP contribution is -2.20. The van der Waals surface area contributed by atoms with Gasteiger partial charge in [0.25, 0.3) is 0 Å². The molecule has 3 rings (SSSR count). The molecular formula is C15H18BrNO. The van der Waals surface area contributed by atoms with E-state index in [9.17, 15) is 4.79 Å². The van der Waals surface area contributed by atoms with E-state index in [2.05, 4.69) is 27.3 Å². The summed E-state index contributed by atoms with van der Waals surface area (Å²) in [4.78, 5) is 12.2. The molecule has 96 valence electrons. The first-order chi connectivity index (χ1) is 8.75. The van der Waals surface area contributed by atoms with Gasteiger partial charge in [-0.3, -0.25) is 4.79 Å². The average Bonchev–Trinajstić information content (AvgIpc) is 2.55. The summed E-state index contributed by atoms with van der Waals surface area (Å²) < 4.78 is 1.07. The SMILES string of the molecule is O=C1Nc2ccc(Br)cc2C1C1CCCCCC1. The lowest BCUT2D eigenvalue weighted by molar-refractivity contribution is -0.118. The van der Waals surface area contributed by atoms with Crippen LogP contribution >= 0.6 is 15.9 Å². The molecule has 1 aliphatic heterocycles. The molecule has 1 unspecified atom stereocenters. The van der Waals surface area contributed by atoms with Gasteiger partial charge in [-0.2, -0.15) is 0 Å². The predicted octanol–water partition coefficient (Wildman–Crippen LogP) is 4.46. The third kappa shape index (κ3) is 2.20. The van der Waals surface area contributed by atoms with Crippen LogP contribution in [0.4, 0.5) is 5.69 Å². The highest BCUT2D eigenvalue weighted by Gasteiger charge is 2.36. The Morgan fingerprint density at radius 3 is 2.56 bits per heavy atom. The number of hydrogen-bond acceptors (Lipinski definition) is 1. The molecule has 1 aliphatic carbocycles. The Labute approximate surface area is 116 Å².